The van der Waals surface area contributed by atoms with Crippen molar-refractivity contribution in [1.29, 1.82) is 0 Å². The van der Waals surface area contributed by atoms with E-state index in [0.29, 0.717) is 19.5 Å². The van der Waals surface area contributed by atoms with Gasteiger partial charge in [0, 0.05) is 32.7 Å². The summed E-state index contributed by atoms with van der Waals surface area (Å²) < 4.78 is 11.0. The molecule has 0 fully saturated rings. The number of terminal acetylenes is 1. The largest absolute Gasteiger partial charge is 0.444 e. The summed E-state index contributed by atoms with van der Waals surface area (Å²) in [6.45, 7) is 10.6. The molecule has 0 N–H and O–H groups in total. The molecule has 0 radical (unpaired) electrons. The second-order valence-electron chi connectivity index (χ2n) is 6.45. The predicted octanol–water partition coefficient (Wildman–Crippen LogP) is 4.23. The summed E-state index contributed by atoms with van der Waals surface area (Å²) in [6, 6.07) is 0. The fourth-order valence-electron chi connectivity index (χ4n) is 1.88. The van der Waals surface area contributed by atoms with Crippen molar-refractivity contribution in [2.45, 2.75) is 71.8 Å². The molecule has 0 bridgehead atoms. The Hall–Kier alpha value is -1.21. The summed E-state index contributed by atoms with van der Waals surface area (Å²) in [6.07, 6.45) is 11.0. The standard InChI is InChI=1S/C18H33NO3/c1-6-8-11-15-21-16-12-10-14-19(13-9-7-2)17(20)22-18(3,4)5/h2H,6,8-16H2,1,3-5H3. The van der Waals surface area contributed by atoms with E-state index in [1.54, 1.807) is 4.90 Å². The molecular formula is C18H33NO3. The van der Waals surface area contributed by atoms with Crippen LogP contribution in [0.3, 0.4) is 0 Å². The Bertz CT molecular complexity index is 328. The van der Waals surface area contributed by atoms with Crippen LogP contribution in [0.2, 0.25) is 0 Å². The van der Waals surface area contributed by atoms with Crippen LogP contribution >= 0.6 is 0 Å². The number of unbranched alkanes of at least 4 members (excludes halogenated alkanes) is 3. The SMILES string of the molecule is C#CCCN(CCCCOCCCCC)C(=O)OC(C)(C)C. The van der Waals surface area contributed by atoms with E-state index in [1.807, 2.05) is 20.8 Å². The summed E-state index contributed by atoms with van der Waals surface area (Å²) in [5.74, 6) is 2.57. The molecule has 0 heterocycles. The van der Waals surface area contributed by atoms with Crippen LogP contribution in [0.4, 0.5) is 4.79 Å². The van der Waals surface area contributed by atoms with Gasteiger partial charge in [-0.05, 0) is 40.0 Å². The van der Waals surface area contributed by atoms with Crippen LogP contribution < -0.4 is 0 Å². The van der Waals surface area contributed by atoms with Gasteiger partial charge in [-0.15, -0.1) is 12.3 Å². The molecule has 22 heavy (non-hydrogen) atoms. The van der Waals surface area contributed by atoms with E-state index >= 15 is 0 Å². The number of amides is 1. The first-order valence-corrected chi connectivity index (χ1v) is 8.40. The van der Waals surface area contributed by atoms with Crippen molar-refractivity contribution >= 4 is 6.09 Å². The predicted molar refractivity (Wildman–Crippen MR) is 90.8 cm³/mol. The number of hydrogen-bond donors (Lipinski definition) is 0. The van der Waals surface area contributed by atoms with Crippen LogP contribution in [0.1, 0.15) is 66.2 Å². The first-order chi connectivity index (χ1) is 10.4. The minimum atomic E-state index is -0.478. The third kappa shape index (κ3) is 12.5. The monoisotopic (exact) mass is 311 g/mol. The molecule has 0 spiro atoms. The van der Waals surface area contributed by atoms with E-state index in [1.165, 1.54) is 12.8 Å². The fraction of sp³-hybridized carbons (Fsp3) is 0.833. The summed E-state index contributed by atoms with van der Waals surface area (Å²) >= 11 is 0. The fourth-order valence-corrected chi connectivity index (χ4v) is 1.88. The van der Waals surface area contributed by atoms with Crippen LogP contribution in [0.15, 0.2) is 0 Å². The summed E-state index contributed by atoms with van der Waals surface area (Å²) in [7, 11) is 0. The normalized spacial score (nSPS) is 11.0. The lowest BCUT2D eigenvalue weighted by atomic mass is 10.2. The van der Waals surface area contributed by atoms with Gasteiger partial charge in [-0.3, -0.25) is 0 Å². The van der Waals surface area contributed by atoms with Crippen LogP contribution in [0.25, 0.3) is 0 Å². The zero-order valence-corrected chi connectivity index (χ0v) is 14.8. The highest BCUT2D eigenvalue weighted by molar-refractivity contribution is 5.68. The molecule has 0 aromatic heterocycles. The van der Waals surface area contributed by atoms with Crippen molar-refractivity contribution in [3.05, 3.63) is 0 Å². The van der Waals surface area contributed by atoms with Gasteiger partial charge < -0.3 is 14.4 Å². The van der Waals surface area contributed by atoms with Gasteiger partial charge >= 0.3 is 6.09 Å². The van der Waals surface area contributed by atoms with Crippen LogP contribution in [0.5, 0.6) is 0 Å². The van der Waals surface area contributed by atoms with Gasteiger partial charge in [0.25, 0.3) is 0 Å². The molecule has 0 aromatic carbocycles. The first kappa shape index (κ1) is 20.8. The summed E-state index contributed by atoms with van der Waals surface area (Å²) in [4.78, 5) is 13.8. The Morgan fingerprint density at radius 1 is 1.09 bits per heavy atom. The molecule has 0 rings (SSSR count). The number of nitrogens with zero attached hydrogens (tertiary/aromatic N) is 1. The molecule has 0 aliphatic heterocycles. The van der Waals surface area contributed by atoms with E-state index in [-0.39, 0.29) is 6.09 Å². The van der Waals surface area contributed by atoms with E-state index in [9.17, 15) is 4.79 Å². The molecule has 128 valence electrons. The van der Waals surface area contributed by atoms with Gasteiger partial charge in [0.05, 0.1) is 0 Å². The maximum Gasteiger partial charge on any atom is 0.410 e. The van der Waals surface area contributed by atoms with Crippen molar-refractivity contribution < 1.29 is 14.3 Å². The van der Waals surface area contributed by atoms with E-state index < -0.39 is 5.60 Å². The Balaban J connectivity index is 3.95. The average Bonchev–Trinajstić information content (AvgIpc) is 2.43. The van der Waals surface area contributed by atoms with Crippen molar-refractivity contribution in [2.24, 2.45) is 0 Å². The maximum absolute atomic E-state index is 12.1. The molecule has 0 aliphatic carbocycles. The van der Waals surface area contributed by atoms with Crippen LogP contribution in [-0.4, -0.2) is 42.9 Å². The van der Waals surface area contributed by atoms with E-state index in [2.05, 4.69) is 12.8 Å². The summed E-state index contributed by atoms with van der Waals surface area (Å²) in [5.41, 5.74) is -0.478. The maximum atomic E-state index is 12.1. The number of hydrogen-bond acceptors (Lipinski definition) is 3. The minimum Gasteiger partial charge on any atom is -0.444 e. The number of rotatable bonds is 11. The highest BCUT2D eigenvalue weighted by Gasteiger charge is 2.21. The molecule has 0 saturated carbocycles. The van der Waals surface area contributed by atoms with Crippen LogP contribution in [0, 0.1) is 12.3 Å². The van der Waals surface area contributed by atoms with Gasteiger partial charge in [-0.1, -0.05) is 19.8 Å². The Morgan fingerprint density at radius 2 is 1.73 bits per heavy atom. The molecule has 0 atom stereocenters. The second-order valence-corrected chi connectivity index (χ2v) is 6.45. The van der Waals surface area contributed by atoms with Gasteiger partial charge in [-0.2, -0.15) is 0 Å². The van der Waals surface area contributed by atoms with E-state index in [4.69, 9.17) is 15.9 Å². The molecular weight excluding hydrogens is 278 g/mol. The molecule has 0 aliphatic rings. The van der Waals surface area contributed by atoms with Crippen molar-refractivity contribution in [3.63, 3.8) is 0 Å². The Labute approximate surface area is 136 Å². The third-order valence-corrected chi connectivity index (χ3v) is 3.04. The Morgan fingerprint density at radius 3 is 2.27 bits per heavy atom. The first-order valence-electron chi connectivity index (χ1n) is 8.40. The topological polar surface area (TPSA) is 38.8 Å². The third-order valence-electron chi connectivity index (χ3n) is 3.04. The van der Waals surface area contributed by atoms with Gasteiger partial charge in [0.1, 0.15) is 5.60 Å². The number of carbonyl (C=O) groups excluding carboxylic acids is 1. The van der Waals surface area contributed by atoms with Crippen molar-refractivity contribution in [2.75, 3.05) is 26.3 Å². The van der Waals surface area contributed by atoms with Gasteiger partial charge in [0.15, 0.2) is 0 Å². The lowest BCUT2D eigenvalue weighted by Gasteiger charge is -2.27. The molecule has 0 unspecified atom stereocenters. The summed E-state index contributed by atoms with van der Waals surface area (Å²) in [5, 5.41) is 0. The average molecular weight is 311 g/mol. The Kier molecular flexibility index (Phi) is 11.7. The highest BCUT2D eigenvalue weighted by atomic mass is 16.6. The number of ether oxygens (including phenoxy) is 2. The van der Waals surface area contributed by atoms with Gasteiger partial charge in [-0.25, -0.2) is 4.79 Å². The molecule has 0 aromatic rings. The lowest BCUT2D eigenvalue weighted by Crippen LogP contribution is -2.38. The van der Waals surface area contributed by atoms with Gasteiger partial charge in [0.2, 0.25) is 0 Å². The second kappa shape index (κ2) is 12.3. The zero-order valence-electron chi connectivity index (χ0n) is 14.8. The smallest absolute Gasteiger partial charge is 0.410 e. The zero-order chi connectivity index (χ0) is 16.8. The molecule has 0 saturated heterocycles. The number of carbonyl (C=O) groups is 1. The molecule has 4 nitrogen and oxygen atoms in total. The molecule has 4 heteroatoms. The van der Waals surface area contributed by atoms with Crippen molar-refractivity contribution in [3.8, 4) is 12.3 Å². The highest BCUT2D eigenvalue weighted by Crippen LogP contribution is 2.11. The van der Waals surface area contributed by atoms with E-state index in [0.717, 1.165) is 32.5 Å². The van der Waals surface area contributed by atoms with Crippen molar-refractivity contribution in [1.82, 2.24) is 4.90 Å². The quantitative estimate of drug-likeness (QED) is 0.423. The van der Waals surface area contributed by atoms with Crippen LogP contribution in [-0.2, 0) is 9.47 Å². The minimum absolute atomic E-state index is 0.286. The molecule has 1 amide bonds. The lowest BCUT2D eigenvalue weighted by molar-refractivity contribution is 0.0245.